The minimum atomic E-state index is 0.685. The van der Waals surface area contributed by atoms with Gasteiger partial charge in [0.15, 0.2) is 0 Å². The quantitative estimate of drug-likeness (QED) is 0.691. The van der Waals surface area contributed by atoms with Crippen LogP contribution in [0.5, 0.6) is 0 Å². The predicted octanol–water partition coefficient (Wildman–Crippen LogP) is 1.13. The van der Waals surface area contributed by atoms with Crippen LogP contribution in [-0.4, -0.2) is 55.9 Å². The van der Waals surface area contributed by atoms with E-state index in [2.05, 4.69) is 24.0 Å². The molecule has 0 spiro atoms. The molecule has 0 heterocycles. The standard InChI is InChI=1S/C12H26N4/c1-15(2)10-11-16(9-8-13)14-12-6-4-3-5-7-12/h3-11,13H2,1-2H3. The summed E-state index contributed by atoms with van der Waals surface area (Å²) < 4.78 is 0. The van der Waals surface area contributed by atoms with E-state index in [1.807, 2.05) is 0 Å². The summed E-state index contributed by atoms with van der Waals surface area (Å²) in [5.74, 6) is 0. The molecule has 0 atom stereocenters. The van der Waals surface area contributed by atoms with E-state index in [9.17, 15) is 0 Å². The van der Waals surface area contributed by atoms with Gasteiger partial charge in [-0.15, -0.1) is 0 Å². The molecule has 0 radical (unpaired) electrons. The van der Waals surface area contributed by atoms with Crippen molar-refractivity contribution >= 4 is 5.71 Å². The van der Waals surface area contributed by atoms with Gasteiger partial charge in [0.05, 0.1) is 0 Å². The zero-order valence-electron chi connectivity index (χ0n) is 10.8. The van der Waals surface area contributed by atoms with Crippen LogP contribution in [-0.2, 0) is 0 Å². The number of rotatable bonds is 6. The lowest BCUT2D eigenvalue weighted by atomic mass is 9.99. The molecule has 0 aliphatic heterocycles. The third-order valence-electron chi connectivity index (χ3n) is 2.91. The minimum absolute atomic E-state index is 0.685. The summed E-state index contributed by atoms with van der Waals surface area (Å²) >= 11 is 0. The Bertz CT molecular complexity index is 205. The average Bonchev–Trinajstić information content (AvgIpc) is 2.27. The summed E-state index contributed by atoms with van der Waals surface area (Å²) in [4.78, 5) is 2.19. The molecule has 16 heavy (non-hydrogen) atoms. The zero-order valence-corrected chi connectivity index (χ0v) is 10.8. The van der Waals surface area contributed by atoms with Crippen LogP contribution in [0.2, 0.25) is 0 Å². The molecule has 0 aromatic carbocycles. The average molecular weight is 226 g/mol. The summed E-state index contributed by atoms with van der Waals surface area (Å²) in [6, 6.07) is 0. The van der Waals surface area contributed by atoms with E-state index in [4.69, 9.17) is 10.8 Å². The maximum Gasteiger partial charge on any atom is 0.0488 e. The van der Waals surface area contributed by atoms with Crippen molar-refractivity contribution in [3.05, 3.63) is 0 Å². The van der Waals surface area contributed by atoms with Crippen LogP contribution in [0.1, 0.15) is 32.1 Å². The second-order valence-corrected chi connectivity index (χ2v) is 4.77. The van der Waals surface area contributed by atoms with E-state index >= 15 is 0 Å². The fourth-order valence-corrected chi connectivity index (χ4v) is 1.94. The van der Waals surface area contributed by atoms with Crippen molar-refractivity contribution in [3.8, 4) is 0 Å². The van der Waals surface area contributed by atoms with E-state index in [-0.39, 0.29) is 0 Å². The highest BCUT2D eigenvalue weighted by molar-refractivity contribution is 5.84. The Morgan fingerprint density at radius 3 is 2.31 bits per heavy atom. The Morgan fingerprint density at radius 1 is 1.06 bits per heavy atom. The van der Waals surface area contributed by atoms with Gasteiger partial charge in [-0.1, -0.05) is 6.42 Å². The lowest BCUT2D eigenvalue weighted by Gasteiger charge is -2.23. The monoisotopic (exact) mass is 226 g/mol. The van der Waals surface area contributed by atoms with E-state index in [0.717, 1.165) is 19.6 Å². The second kappa shape index (κ2) is 7.63. The Balaban J connectivity index is 2.41. The van der Waals surface area contributed by atoms with Crippen molar-refractivity contribution in [2.45, 2.75) is 32.1 Å². The first kappa shape index (κ1) is 13.5. The number of nitrogens with two attached hydrogens (primary N) is 1. The third-order valence-corrected chi connectivity index (χ3v) is 2.91. The topological polar surface area (TPSA) is 44.9 Å². The molecule has 1 rings (SSSR count). The van der Waals surface area contributed by atoms with Crippen LogP contribution in [0.4, 0.5) is 0 Å². The fourth-order valence-electron chi connectivity index (χ4n) is 1.94. The largest absolute Gasteiger partial charge is 0.329 e. The molecule has 1 fully saturated rings. The molecule has 0 aromatic heterocycles. The van der Waals surface area contributed by atoms with Gasteiger partial charge in [0.1, 0.15) is 0 Å². The van der Waals surface area contributed by atoms with Crippen LogP contribution < -0.4 is 5.73 Å². The van der Waals surface area contributed by atoms with Gasteiger partial charge in [-0.3, -0.25) is 5.01 Å². The first-order valence-electron chi connectivity index (χ1n) is 6.38. The van der Waals surface area contributed by atoms with Crippen molar-refractivity contribution in [2.24, 2.45) is 10.8 Å². The molecular weight excluding hydrogens is 200 g/mol. The Hall–Kier alpha value is -0.610. The number of hydrogen-bond acceptors (Lipinski definition) is 4. The molecule has 94 valence electrons. The number of likely N-dealkylation sites (N-methyl/N-ethyl adjacent to an activating group) is 1. The summed E-state index contributed by atoms with van der Waals surface area (Å²) in [6.45, 7) is 3.58. The van der Waals surface area contributed by atoms with Gasteiger partial charge in [0.25, 0.3) is 0 Å². The predicted molar refractivity (Wildman–Crippen MR) is 69.7 cm³/mol. The SMILES string of the molecule is CN(C)CCN(CCN)N=C1CCCCC1. The zero-order chi connectivity index (χ0) is 11.8. The maximum atomic E-state index is 5.62. The highest BCUT2D eigenvalue weighted by Gasteiger charge is 2.09. The highest BCUT2D eigenvalue weighted by Crippen LogP contribution is 2.15. The molecule has 0 aromatic rings. The molecule has 1 saturated carbocycles. The van der Waals surface area contributed by atoms with Crippen LogP contribution in [0.15, 0.2) is 5.10 Å². The Kier molecular flexibility index (Phi) is 6.42. The second-order valence-electron chi connectivity index (χ2n) is 4.77. The van der Waals surface area contributed by atoms with Gasteiger partial charge in [-0.2, -0.15) is 5.10 Å². The summed E-state index contributed by atoms with van der Waals surface area (Å²) in [6.07, 6.45) is 6.35. The van der Waals surface area contributed by atoms with Crippen molar-refractivity contribution in [1.29, 1.82) is 0 Å². The normalized spacial score (nSPS) is 16.6. The molecule has 0 unspecified atom stereocenters. The van der Waals surface area contributed by atoms with Crippen LogP contribution >= 0.6 is 0 Å². The van der Waals surface area contributed by atoms with Crippen LogP contribution in [0.3, 0.4) is 0 Å². The molecule has 1 aliphatic carbocycles. The van der Waals surface area contributed by atoms with E-state index < -0.39 is 0 Å². The smallest absolute Gasteiger partial charge is 0.0488 e. The van der Waals surface area contributed by atoms with E-state index in [0.29, 0.717) is 6.54 Å². The van der Waals surface area contributed by atoms with Crippen LogP contribution in [0.25, 0.3) is 0 Å². The Labute approximate surface area is 99.5 Å². The van der Waals surface area contributed by atoms with Gasteiger partial charge in [0.2, 0.25) is 0 Å². The highest BCUT2D eigenvalue weighted by atomic mass is 15.5. The number of hydrogen-bond donors (Lipinski definition) is 1. The fraction of sp³-hybridized carbons (Fsp3) is 0.917. The molecule has 2 N–H and O–H groups in total. The van der Waals surface area contributed by atoms with E-state index in [1.54, 1.807) is 0 Å². The third kappa shape index (κ3) is 5.47. The first-order chi connectivity index (χ1) is 7.72. The van der Waals surface area contributed by atoms with Gasteiger partial charge >= 0.3 is 0 Å². The van der Waals surface area contributed by atoms with Crippen molar-refractivity contribution < 1.29 is 0 Å². The van der Waals surface area contributed by atoms with Gasteiger partial charge in [-0.25, -0.2) is 0 Å². The van der Waals surface area contributed by atoms with Gasteiger partial charge < -0.3 is 10.6 Å². The molecule has 0 amide bonds. The first-order valence-corrected chi connectivity index (χ1v) is 6.38. The van der Waals surface area contributed by atoms with Crippen LogP contribution in [0, 0.1) is 0 Å². The van der Waals surface area contributed by atoms with Crippen molar-refractivity contribution in [2.75, 3.05) is 40.3 Å². The summed E-state index contributed by atoms with van der Waals surface area (Å²) in [5.41, 5.74) is 6.99. The molecule has 0 bridgehead atoms. The maximum absolute atomic E-state index is 5.62. The van der Waals surface area contributed by atoms with Gasteiger partial charge in [0, 0.05) is 31.9 Å². The molecule has 0 saturated heterocycles. The summed E-state index contributed by atoms with van der Waals surface area (Å²) in [5, 5.41) is 6.88. The lowest BCUT2D eigenvalue weighted by Crippen LogP contribution is -2.32. The molecule has 4 nitrogen and oxygen atoms in total. The van der Waals surface area contributed by atoms with E-state index in [1.165, 1.54) is 37.8 Å². The minimum Gasteiger partial charge on any atom is -0.329 e. The van der Waals surface area contributed by atoms with Crippen molar-refractivity contribution in [1.82, 2.24) is 9.91 Å². The number of hydrazone groups is 1. The molecular formula is C12H26N4. The Morgan fingerprint density at radius 2 is 1.75 bits per heavy atom. The molecule has 4 heteroatoms. The lowest BCUT2D eigenvalue weighted by molar-refractivity contribution is 0.254. The molecule has 1 aliphatic rings. The van der Waals surface area contributed by atoms with Gasteiger partial charge in [-0.05, 0) is 39.8 Å². The number of nitrogens with zero attached hydrogens (tertiary/aromatic N) is 3. The van der Waals surface area contributed by atoms with Crippen molar-refractivity contribution in [3.63, 3.8) is 0 Å². The summed E-state index contributed by atoms with van der Waals surface area (Å²) in [7, 11) is 4.18.